The molecular formula is C12H16N4OS. The number of nitrogens with zero attached hydrogens (tertiary/aromatic N) is 2. The summed E-state index contributed by atoms with van der Waals surface area (Å²) < 4.78 is 1.63. The molecule has 1 amide bonds. The van der Waals surface area contributed by atoms with E-state index in [1.54, 1.807) is 35.5 Å². The van der Waals surface area contributed by atoms with E-state index >= 15 is 0 Å². The standard InChI is InChI=1S/C12H16N4OS/c1-8(10-4-3-5-18-10)15-12(17)11(13)9-6-14-16(2)7-9/h3-8,11H,13H2,1-2H3,(H,15,17). The number of rotatable bonds is 4. The van der Waals surface area contributed by atoms with E-state index in [0.717, 1.165) is 4.88 Å². The largest absolute Gasteiger partial charge is 0.347 e. The molecule has 0 aromatic carbocycles. The number of nitrogens with one attached hydrogen (secondary N) is 1. The van der Waals surface area contributed by atoms with Crippen LogP contribution in [-0.2, 0) is 11.8 Å². The molecule has 0 spiro atoms. The van der Waals surface area contributed by atoms with Gasteiger partial charge in [-0.2, -0.15) is 5.10 Å². The van der Waals surface area contributed by atoms with E-state index in [0.29, 0.717) is 5.56 Å². The molecule has 5 nitrogen and oxygen atoms in total. The summed E-state index contributed by atoms with van der Waals surface area (Å²) in [6.45, 7) is 1.94. The van der Waals surface area contributed by atoms with Gasteiger partial charge in [0.15, 0.2) is 0 Å². The first-order chi connectivity index (χ1) is 8.58. The van der Waals surface area contributed by atoms with Gasteiger partial charge in [0.1, 0.15) is 6.04 Å². The van der Waals surface area contributed by atoms with Crippen molar-refractivity contribution in [1.82, 2.24) is 15.1 Å². The van der Waals surface area contributed by atoms with Gasteiger partial charge in [-0.15, -0.1) is 11.3 Å². The summed E-state index contributed by atoms with van der Waals surface area (Å²) >= 11 is 1.61. The molecule has 96 valence electrons. The second-order valence-corrected chi connectivity index (χ2v) is 5.15. The van der Waals surface area contributed by atoms with E-state index in [1.807, 2.05) is 24.4 Å². The lowest BCUT2D eigenvalue weighted by atomic mass is 10.1. The molecule has 2 rings (SSSR count). The molecule has 2 heterocycles. The first-order valence-corrected chi connectivity index (χ1v) is 6.54. The Bertz CT molecular complexity index is 520. The topological polar surface area (TPSA) is 72.9 Å². The van der Waals surface area contributed by atoms with Crippen molar-refractivity contribution in [2.75, 3.05) is 0 Å². The van der Waals surface area contributed by atoms with Crippen LogP contribution in [0, 0.1) is 0 Å². The number of thiophene rings is 1. The maximum atomic E-state index is 12.0. The monoisotopic (exact) mass is 264 g/mol. The maximum Gasteiger partial charge on any atom is 0.242 e. The highest BCUT2D eigenvalue weighted by atomic mass is 32.1. The van der Waals surface area contributed by atoms with Gasteiger partial charge < -0.3 is 11.1 Å². The Morgan fingerprint density at radius 2 is 2.39 bits per heavy atom. The molecule has 0 aliphatic heterocycles. The van der Waals surface area contributed by atoms with Gasteiger partial charge in [-0.3, -0.25) is 9.48 Å². The Hall–Kier alpha value is -1.66. The number of carbonyl (C=O) groups is 1. The van der Waals surface area contributed by atoms with Crippen LogP contribution in [0.15, 0.2) is 29.9 Å². The van der Waals surface area contributed by atoms with Crippen molar-refractivity contribution in [2.24, 2.45) is 12.8 Å². The third kappa shape index (κ3) is 2.77. The summed E-state index contributed by atoms with van der Waals surface area (Å²) in [7, 11) is 1.79. The number of hydrogen-bond donors (Lipinski definition) is 2. The average molecular weight is 264 g/mol. The quantitative estimate of drug-likeness (QED) is 0.875. The Labute approximate surface area is 110 Å². The molecular weight excluding hydrogens is 248 g/mol. The highest BCUT2D eigenvalue weighted by Gasteiger charge is 2.19. The lowest BCUT2D eigenvalue weighted by molar-refractivity contribution is -0.123. The fourth-order valence-corrected chi connectivity index (χ4v) is 2.40. The van der Waals surface area contributed by atoms with Crippen LogP contribution < -0.4 is 11.1 Å². The van der Waals surface area contributed by atoms with Gasteiger partial charge in [0, 0.05) is 23.7 Å². The summed E-state index contributed by atoms with van der Waals surface area (Å²) in [5.41, 5.74) is 6.61. The molecule has 0 saturated heterocycles. The smallest absolute Gasteiger partial charge is 0.242 e. The lowest BCUT2D eigenvalue weighted by Crippen LogP contribution is -2.35. The van der Waals surface area contributed by atoms with Crippen molar-refractivity contribution in [1.29, 1.82) is 0 Å². The molecule has 0 aliphatic carbocycles. The van der Waals surface area contributed by atoms with Gasteiger partial charge in [-0.05, 0) is 18.4 Å². The van der Waals surface area contributed by atoms with Crippen molar-refractivity contribution >= 4 is 17.2 Å². The fourth-order valence-electron chi connectivity index (χ4n) is 1.66. The summed E-state index contributed by atoms with van der Waals surface area (Å²) in [6.07, 6.45) is 3.36. The highest BCUT2D eigenvalue weighted by Crippen LogP contribution is 2.19. The first kappa shape index (κ1) is 12.8. The van der Waals surface area contributed by atoms with Gasteiger partial charge in [-0.1, -0.05) is 6.07 Å². The zero-order valence-corrected chi connectivity index (χ0v) is 11.1. The zero-order chi connectivity index (χ0) is 13.1. The van der Waals surface area contributed by atoms with Crippen LogP contribution in [0.1, 0.15) is 29.4 Å². The third-order valence-corrected chi connectivity index (χ3v) is 3.75. The number of nitrogens with two attached hydrogens (primary N) is 1. The van der Waals surface area contributed by atoms with Crippen molar-refractivity contribution in [3.8, 4) is 0 Å². The second kappa shape index (κ2) is 5.32. The zero-order valence-electron chi connectivity index (χ0n) is 10.3. The minimum absolute atomic E-state index is 0.0276. The van der Waals surface area contributed by atoms with E-state index in [-0.39, 0.29) is 11.9 Å². The van der Waals surface area contributed by atoms with Gasteiger partial charge in [0.05, 0.1) is 12.2 Å². The molecule has 2 unspecified atom stereocenters. The van der Waals surface area contributed by atoms with E-state index in [1.165, 1.54) is 0 Å². The lowest BCUT2D eigenvalue weighted by Gasteiger charge is -2.15. The molecule has 3 N–H and O–H groups in total. The molecule has 0 saturated carbocycles. The predicted molar refractivity (Wildman–Crippen MR) is 71.0 cm³/mol. The second-order valence-electron chi connectivity index (χ2n) is 4.17. The van der Waals surface area contributed by atoms with Gasteiger partial charge in [-0.25, -0.2) is 0 Å². The molecule has 2 aromatic heterocycles. The van der Waals surface area contributed by atoms with E-state index < -0.39 is 6.04 Å². The number of amides is 1. The van der Waals surface area contributed by atoms with Gasteiger partial charge >= 0.3 is 0 Å². The van der Waals surface area contributed by atoms with Crippen LogP contribution in [0.4, 0.5) is 0 Å². The fraction of sp³-hybridized carbons (Fsp3) is 0.333. The minimum Gasteiger partial charge on any atom is -0.347 e. The maximum absolute atomic E-state index is 12.0. The Morgan fingerprint density at radius 3 is 2.94 bits per heavy atom. The van der Waals surface area contributed by atoms with Crippen LogP contribution in [0.5, 0.6) is 0 Å². The van der Waals surface area contributed by atoms with Gasteiger partial charge in [0.25, 0.3) is 0 Å². The van der Waals surface area contributed by atoms with E-state index in [4.69, 9.17) is 5.73 Å². The number of aryl methyl sites for hydroxylation is 1. The summed E-state index contributed by atoms with van der Waals surface area (Å²) in [5.74, 6) is -0.191. The first-order valence-electron chi connectivity index (χ1n) is 5.66. The summed E-state index contributed by atoms with van der Waals surface area (Å²) in [6, 6.07) is 3.25. The van der Waals surface area contributed by atoms with Gasteiger partial charge in [0.2, 0.25) is 5.91 Å². The Morgan fingerprint density at radius 1 is 1.61 bits per heavy atom. The van der Waals surface area contributed by atoms with Crippen LogP contribution in [0.2, 0.25) is 0 Å². The SMILES string of the molecule is CC(NC(=O)C(N)c1cnn(C)c1)c1cccs1. The molecule has 2 atom stereocenters. The molecule has 6 heteroatoms. The molecule has 0 fully saturated rings. The summed E-state index contributed by atoms with van der Waals surface area (Å²) in [5, 5.41) is 8.89. The van der Waals surface area contributed by atoms with Crippen molar-refractivity contribution in [3.63, 3.8) is 0 Å². The average Bonchev–Trinajstić information content (AvgIpc) is 2.98. The molecule has 0 aliphatic rings. The van der Waals surface area contributed by atoms with Crippen LogP contribution >= 0.6 is 11.3 Å². The molecule has 2 aromatic rings. The Kier molecular flexibility index (Phi) is 3.78. The number of carbonyl (C=O) groups excluding carboxylic acids is 1. The molecule has 18 heavy (non-hydrogen) atoms. The van der Waals surface area contributed by atoms with Crippen molar-refractivity contribution in [3.05, 3.63) is 40.3 Å². The van der Waals surface area contributed by atoms with Crippen LogP contribution in [-0.4, -0.2) is 15.7 Å². The molecule has 0 bridgehead atoms. The predicted octanol–water partition coefficient (Wildman–Crippen LogP) is 1.36. The highest BCUT2D eigenvalue weighted by molar-refractivity contribution is 7.10. The van der Waals surface area contributed by atoms with Crippen molar-refractivity contribution in [2.45, 2.75) is 19.0 Å². The minimum atomic E-state index is -0.680. The number of aromatic nitrogens is 2. The molecule has 0 radical (unpaired) electrons. The van der Waals surface area contributed by atoms with Crippen LogP contribution in [0.3, 0.4) is 0 Å². The van der Waals surface area contributed by atoms with E-state index in [9.17, 15) is 4.79 Å². The third-order valence-electron chi connectivity index (χ3n) is 2.70. The number of hydrogen-bond acceptors (Lipinski definition) is 4. The normalized spacial score (nSPS) is 14.2. The Balaban J connectivity index is 1.99. The van der Waals surface area contributed by atoms with E-state index in [2.05, 4.69) is 10.4 Å². The van der Waals surface area contributed by atoms with Crippen LogP contribution in [0.25, 0.3) is 0 Å². The van der Waals surface area contributed by atoms with Crippen molar-refractivity contribution < 1.29 is 4.79 Å². The summed E-state index contributed by atoms with van der Waals surface area (Å²) in [4.78, 5) is 13.1.